The first-order chi connectivity index (χ1) is 7.71. The van der Waals surface area contributed by atoms with E-state index in [2.05, 4.69) is 8.37 Å². The summed E-state index contributed by atoms with van der Waals surface area (Å²) < 4.78 is 51.5. The molecule has 0 unspecified atom stereocenters. The number of hydrogen-bond donors (Lipinski definition) is 1. The summed E-state index contributed by atoms with van der Waals surface area (Å²) in [5.41, 5.74) is 0. The Kier molecular flexibility index (Phi) is 7.88. The molecule has 0 radical (unpaired) electrons. The minimum absolute atomic E-state index is 0.176. The van der Waals surface area contributed by atoms with Gasteiger partial charge in [-0.3, -0.25) is 8.37 Å². The Bertz CT molecular complexity index is 350. The SMILES string of the molecule is CS(=O)(=O)OCCC[NH2+]CCCOS(C)(=O)=O. The van der Waals surface area contributed by atoms with Gasteiger partial charge in [0.05, 0.1) is 38.8 Å². The van der Waals surface area contributed by atoms with Crippen molar-refractivity contribution in [2.45, 2.75) is 12.8 Å². The number of quaternary nitrogens is 1. The van der Waals surface area contributed by atoms with Crippen molar-refractivity contribution in [3.8, 4) is 0 Å². The zero-order chi connectivity index (χ0) is 13.4. The highest BCUT2D eigenvalue weighted by Gasteiger charge is 2.02. The predicted octanol–water partition coefficient (Wildman–Crippen LogP) is -1.72. The van der Waals surface area contributed by atoms with Gasteiger partial charge in [0.25, 0.3) is 20.2 Å². The lowest BCUT2D eigenvalue weighted by molar-refractivity contribution is -0.655. The fourth-order valence-corrected chi connectivity index (χ4v) is 1.86. The molecule has 17 heavy (non-hydrogen) atoms. The van der Waals surface area contributed by atoms with Crippen LogP contribution < -0.4 is 5.32 Å². The van der Waals surface area contributed by atoms with Crippen molar-refractivity contribution in [3.05, 3.63) is 0 Å². The van der Waals surface area contributed by atoms with Crippen LogP contribution in [0.1, 0.15) is 12.8 Å². The van der Waals surface area contributed by atoms with Gasteiger partial charge in [0.2, 0.25) is 0 Å². The molecule has 0 aliphatic carbocycles. The molecule has 0 aliphatic heterocycles. The third kappa shape index (κ3) is 15.8. The molecular formula is C8H20NO6S2+. The first-order valence-electron chi connectivity index (χ1n) is 5.21. The fraction of sp³-hybridized carbons (Fsp3) is 1.00. The first-order valence-corrected chi connectivity index (χ1v) is 8.84. The average Bonchev–Trinajstić information content (AvgIpc) is 2.11. The van der Waals surface area contributed by atoms with Crippen LogP contribution in [0, 0.1) is 0 Å². The van der Waals surface area contributed by atoms with Gasteiger partial charge < -0.3 is 5.32 Å². The Morgan fingerprint density at radius 3 is 1.47 bits per heavy atom. The van der Waals surface area contributed by atoms with Gasteiger partial charge in [-0.15, -0.1) is 0 Å². The molecule has 104 valence electrons. The smallest absolute Gasteiger partial charge is 0.264 e. The Morgan fingerprint density at radius 1 is 0.824 bits per heavy atom. The lowest BCUT2D eigenvalue weighted by Gasteiger charge is -2.02. The van der Waals surface area contributed by atoms with Gasteiger partial charge in [0.1, 0.15) is 0 Å². The van der Waals surface area contributed by atoms with Crippen LogP contribution in [0.5, 0.6) is 0 Å². The number of nitrogens with two attached hydrogens (primary N) is 1. The molecule has 0 fully saturated rings. The molecule has 0 heterocycles. The van der Waals surface area contributed by atoms with Crippen LogP contribution in [0.3, 0.4) is 0 Å². The van der Waals surface area contributed by atoms with E-state index in [0.29, 0.717) is 12.8 Å². The number of hydrogen-bond acceptors (Lipinski definition) is 6. The molecular weight excluding hydrogens is 270 g/mol. The third-order valence-corrected chi connectivity index (χ3v) is 2.89. The van der Waals surface area contributed by atoms with E-state index in [9.17, 15) is 16.8 Å². The minimum atomic E-state index is -3.34. The van der Waals surface area contributed by atoms with Crippen LogP contribution in [0.2, 0.25) is 0 Å². The van der Waals surface area contributed by atoms with Gasteiger partial charge in [-0.1, -0.05) is 0 Å². The topological polar surface area (TPSA) is 103 Å². The van der Waals surface area contributed by atoms with E-state index in [1.165, 1.54) is 0 Å². The van der Waals surface area contributed by atoms with Gasteiger partial charge in [-0.2, -0.15) is 16.8 Å². The second-order valence-electron chi connectivity index (χ2n) is 3.63. The predicted molar refractivity (Wildman–Crippen MR) is 62.5 cm³/mol. The molecule has 0 atom stereocenters. The van der Waals surface area contributed by atoms with E-state index < -0.39 is 20.2 Å². The molecule has 0 spiro atoms. The zero-order valence-corrected chi connectivity index (χ0v) is 11.7. The van der Waals surface area contributed by atoms with E-state index >= 15 is 0 Å². The largest absolute Gasteiger partial charge is 0.346 e. The van der Waals surface area contributed by atoms with Crippen molar-refractivity contribution in [1.29, 1.82) is 0 Å². The maximum Gasteiger partial charge on any atom is 0.264 e. The Hall–Kier alpha value is -0.220. The van der Waals surface area contributed by atoms with E-state index in [-0.39, 0.29) is 13.2 Å². The van der Waals surface area contributed by atoms with Crippen molar-refractivity contribution in [2.24, 2.45) is 0 Å². The molecule has 0 saturated carbocycles. The quantitative estimate of drug-likeness (QED) is 0.379. The summed E-state index contributed by atoms with van der Waals surface area (Å²) in [5, 5.41) is 1.96. The number of rotatable bonds is 10. The molecule has 0 rings (SSSR count). The van der Waals surface area contributed by atoms with E-state index in [4.69, 9.17) is 0 Å². The van der Waals surface area contributed by atoms with Gasteiger partial charge >= 0.3 is 0 Å². The summed E-state index contributed by atoms with van der Waals surface area (Å²) in [7, 11) is -6.68. The van der Waals surface area contributed by atoms with Crippen LogP contribution in [0.15, 0.2) is 0 Å². The second-order valence-corrected chi connectivity index (χ2v) is 6.91. The van der Waals surface area contributed by atoms with Crippen LogP contribution in [-0.4, -0.2) is 55.7 Å². The molecule has 0 saturated heterocycles. The van der Waals surface area contributed by atoms with Crippen molar-refractivity contribution in [1.82, 2.24) is 0 Å². The Balaban J connectivity index is 3.25. The summed E-state index contributed by atoms with van der Waals surface area (Å²) in [4.78, 5) is 0. The molecule has 0 aromatic carbocycles. The highest BCUT2D eigenvalue weighted by atomic mass is 32.2. The summed E-state index contributed by atoms with van der Waals surface area (Å²) in [6, 6.07) is 0. The minimum Gasteiger partial charge on any atom is -0.346 e. The fourth-order valence-electron chi connectivity index (χ4n) is 1.02. The summed E-state index contributed by atoms with van der Waals surface area (Å²) in [5.74, 6) is 0. The first kappa shape index (κ1) is 16.8. The lowest BCUT2D eigenvalue weighted by Crippen LogP contribution is -2.84. The normalized spacial score (nSPS) is 12.8. The molecule has 9 heteroatoms. The maximum absolute atomic E-state index is 10.6. The van der Waals surface area contributed by atoms with E-state index in [1.54, 1.807) is 0 Å². The van der Waals surface area contributed by atoms with Crippen molar-refractivity contribution >= 4 is 20.2 Å². The summed E-state index contributed by atoms with van der Waals surface area (Å²) in [6.45, 7) is 1.81. The highest BCUT2D eigenvalue weighted by molar-refractivity contribution is 7.86. The van der Waals surface area contributed by atoms with Gasteiger partial charge in [0, 0.05) is 12.8 Å². The molecule has 0 aromatic rings. The van der Waals surface area contributed by atoms with Crippen LogP contribution in [-0.2, 0) is 28.6 Å². The van der Waals surface area contributed by atoms with Crippen molar-refractivity contribution in [3.63, 3.8) is 0 Å². The van der Waals surface area contributed by atoms with E-state index in [0.717, 1.165) is 25.6 Å². The van der Waals surface area contributed by atoms with Crippen LogP contribution >= 0.6 is 0 Å². The molecule has 0 aromatic heterocycles. The molecule has 0 aliphatic rings. The zero-order valence-electron chi connectivity index (χ0n) is 10.1. The van der Waals surface area contributed by atoms with Gasteiger partial charge in [0.15, 0.2) is 0 Å². The average molecular weight is 290 g/mol. The van der Waals surface area contributed by atoms with Crippen LogP contribution in [0.25, 0.3) is 0 Å². The van der Waals surface area contributed by atoms with Crippen molar-refractivity contribution in [2.75, 3.05) is 38.8 Å². The lowest BCUT2D eigenvalue weighted by atomic mass is 10.4. The van der Waals surface area contributed by atoms with Gasteiger partial charge in [-0.05, 0) is 0 Å². The summed E-state index contributed by atoms with van der Waals surface area (Å²) in [6.07, 6.45) is 3.28. The summed E-state index contributed by atoms with van der Waals surface area (Å²) >= 11 is 0. The highest BCUT2D eigenvalue weighted by Crippen LogP contribution is 1.88. The Labute approximate surface area is 103 Å². The standard InChI is InChI=1S/C8H19NO6S2/c1-16(10,11)14-7-3-5-9-6-4-8-15-17(2,12)13/h9H,3-8H2,1-2H3/p+1. The molecule has 7 nitrogen and oxygen atoms in total. The second kappa shape index (κ2) is 7.98. The third-order valence-electron chi connectivity index (χ3n) is 1.70. The van der Waals surface area contributed by atoms with E-state index in [1.807, 2.05) is 5.32 Å². The Morgan fingerprint density at radius 2 is 1.18 bits per heavy atom. The van der Waals surface area contributed by atoms with Gasteiger partial charge in [-0.25, -0.2) is 0 Å². The molecule has 0 bridgehead atoms. The monoisotopic (exact) mass is 290 g/mol. The van der Waals surface area contributed by atoms with Crippen LogP contribution in [0.4, 0.5) is 0 Å². The van der Waals surface area contributed by atoms with Crippen molar-refractivity contribution < 1.29 is 30.5 Å². The maximum atomic E-state index is 10.6. The molecule has 2 N–H and O–H groups in total. The molecule has 0 amide bonds.